The molecule has 4 N–H and O–H groups in total. The molecule has 0 spiro atoms. The van der Waals surface area contributed by atoms with Gasteiger partial charge in [0, 0.05) is 35.7 Å². The van der Waals surface area contributed by atoms with E-state index in [4.69, 9.17) is 5.73 Å². The van der Waals surface area contributed by atoms with E-state index in [1.165, 1.54) is 39.3 Å². The van der Waals surface area contributed by atoms with Crippen LogP contribution in [0.15, 0.2) is 41.8 Å². The summed E-state index contributed by atoms with van der Waals surface area (Å²) < 4.78 is 13.5. The fourth-order valence-corrected chi connectivity index (χ4v) is 5.05. The quantitative estimate of drug-likeness (QED) is 0.620. The third kappa shape index (κ3) is 5.69. The van der Waals surface area contributed by atoms with Crippen LogP contribution in [-0.4, -0.2) is 59.0 Å². The molecule has 176 valence electrons. The first-order chi connectivity index (χ1) is 15.9. The molecule has 4 rings (SSSR count). The lowest BCUT2D eigenvalue weighted by atomic mass is 9.92. The molecule has 2 aliphatic rings. The first-order valence-electron chi connectivity index (χ1n) is 11.1. The summed E-state index contributed by atoms with van der Waals surface area (Å²) in [5.74, 6) is -1.09. The van der Waals surface area contributed by atoms with E-state index >= 15 is 0 Å². The maximum atomic E-state index is 13.5. The number of thiophene rings is 1. The molecule has 1 saturated heterocycles. The molecule has 1 atom stereocenters. The van der Waals surface area contributed by atoms with Crippen LogP contribution >= 0.6 is 11.3 Å². The molecule has 8 nitrogen and oxygen atoms in total. The smallest absolute Gasteiger partial charge is 0.323 e. The third-order valence-corrected chi connectivity index (χ3v) is 6.96. The second kappa shape index (κ2) is 10.3. The normalized spacial score (nSPS) is 22.8. The van der Waals surface area contributed by atoms with Crippen molar-refractivity contribution in [1.29, 1.82) is 0 Å². The van der Waals surface area contributed by atoms with Gasteiger partial charge in [-0.2, -0.15) is 0 Å². The average Bonchev–Trinajstić information content (AvgIpc) is 3.45. The van der Waals surface area contributed by atoms with Crippen LogP contribution in [0.3, 0.4) is 0 Å². The second-order valence-corrected chi connectivity index (χ2v) is 9.50. The Morgan fingerprint density at radius 2 is 1.82 bits per heavy atom. The van der Waals surface area contributed by atoms with Gasteiger partial charge < -0.3 is 21.3 Å². The van der Waals surface area contributed by atoms with Crippen LogP contribution in [-0.2, 0) is 16.0 Å². The summed E-state index contributed by atoms with van der Waals surface area (Å²) >= 11 is 1.47. The van der Waals surface area contributed by atoms with E-state index in [1.54, 1.807) is 6.07 Å². The van der Waals surface area contributed by atoms with Crippen LogP contribution in [0, 0.1) is 5.82 Å². The highest BCUT2D eigenvalue weighted by molar-refractivity contribution is 7.10. The highest BCUT2D eigenvalue weighted by atomic mass is 32.1. The number of anilines is 1. The number of amides is 4. The number of benzene rings is 1. The van der Waals surface area contributed by atoms with Gasteiger partial charge in [-0.3, -0.25) is 14.5 Å². The van der Waals surface area contributed by atoms with Gasteiger partial charge >= 0.3 is 6.03 Å². The van der Waals surface area contributed by atoms with Crippen molar-refractivity contribution in [2.45, 2.75) is 50.4 Å². The van der Waals surface area contributed by atoms with Crippen molar-refractivity contribution >= 4 is 34.9 Å². The maximum absolute atomic E-state index is 13.5. The zero-order valence-electron chi connectivity index (χ0n) is 18.2. The topological polar surface area (TPSA) is 108 Å². The Morgan fingerprint density at radius 1 is 1.06 bits per heavy atom. The zero-order chi connectivity index (χ0) is 23.4. The van der Waals surface area contributed by atoms with E-state index in [0.29, 0.717) is 0 Å². The largest absolute Gasteiger partial charge is 0.350 e. The van der Waals surface area contributed by atoms with Crippen molar-refractivity contribution in [1.82, 2.24) is 15.1 Å². The number of rotatable bonds is 5. The summed E-state index contributed by atoms with van der Waals surface area (Å²) in [5.41, 5.74) is 6.25. The molecule has 1 aromatic carbocycles. The summed E-state index contributed by atoms with van der Waals surface area (Å²) in [5, 5.41) is 7.55. The van der Waals surface area contributed by atoms with E-state index in [0.717, 1.165) is 30.6 Å². The fourth-order valence-electron chi connectivity index (χ4n) is 4.35. The van der Waals surface area contributed by atoms with Gasteiger partial charge in [0.2, 0.25) is 5.91 Å². The minimum atomic E-state index is -1.07. The molecule has 4 amide bonds. The van der Waals surface area contributed by atoms with E-state index in [1.807, 2.05) is 17.5 Å². The predicted molar refractivity (Wildman–Crippen MR) is 124 cm³/mol. The number of hydrogen-bond acceptors (Lipinski definition) is 5. The highest BCUT2D eigenvalue weighted by Crippen LogP contribution is 2.22. The number of nitrogens with zero attached hydrogens (tertiary/aromatic N) is 2. The van der Waals surface area contributed by atoms with Gasteiger partial charge in [0.15, 0.2) is 6.17 Å². The number of carbonyl (C=O) groups excluding carboxylic acids is 3. The van der Waals surface area contributed by atoms with Crippen molar-refractivity contribution in [3.05, 3.63) is 52.5 Å². The Hall–Kier alpha value is -2.98. The van der Waals surface area contributed by atoms with E-state index in [2.05, 4.69) is 10.6 Å². The summed E-state index contributed by atoms with van der Waals surface area (Å²) in [6.45, 7) is 0.444. The fraction of sp³-hybridized carbons (Fsp3) is 0.435. The van der Waals surface area contributed by atoms with Crippen molar-refractivity contribution < 1.29 is 18.8 Å². The molecule has 1 aromatic heterocycles. The molecule has 2 aromatic rings. The molecule has 10 heteroatoms. The molecule has 0 radical (unpaired) electrons. The minimum absolute atomic E-state index is 0.0414. The van der Waals surface area contributed by atoms with Crippen molar-refractivity contribution in [2.24, 2.45) is 5.73 Å². The molecule has 1 unspecified atom stereocenters. The molecule has 33 heavy (non-hydrogen) atoms. The van der Waals surface area contributed by atoms with Gasteiger partial charge in [-0.05, 0) is 55.3 Å². The summed E-state index contributed by atoms with van der Waals surface area (Å²) in [6, 6.07) is 8.82. The Kier molecular flexibility index (Phi) is 7.24. The van der Waals surface area contributed by atoms with Crippen LogP contribution in [0.2, 0.25) is 0 Å². The van der Waals surface area contributed by atoms with Crippen molar-refractivity contribution in [2.75, 3.05) is 18.4 Å². The van der Waals surface area contributed by atoms with Crippen LogP contribution in [0.5, 0.6) is 0 Å². The lowest BCUT2D eigenvalue weighted by Crippen LogP contribution is -2.57. The van der Waals surface area contributed by atoms with Gasteiger partial charge in [-0.15, -0.1) is 11.3 Å². The molecule has 1 aliphatic carbocycles. The molecule has 2 fully saturated rings. The van der Waals surface area contributed by atoms with Crippen LogP contribution < -0.4 is 16.4 Å². The van der Waals surface area contributed by atoms with E-state index in [9.17, 15) is 18.8 Å². The summed E-state index contributed by atoms with van der Waals surface area (Å²) in [6.07, 6.45) is 2.26. The van der Waals surface area contributed by atoms with Gasteiger partial charge in [-0.1, -0.05) is 12.1 Å². The molecule has 1 saturated carbocycles. The van der Waals surface area contributed by atoms with Gasteiger partial charge in [-0.25, -0.2) is 9.18 Å². The van der Waals surface area contributed by atoms with Gasteiger partial charge in [0.25, 0.3) is 5.91 Å². The Labute approximate surface area is 195 Å². The van der Waals surface area contributed by atoms with E-state index < -0.39 is 18.0 Å². The number of nitrogens with one attached hydrogen (secondary N) is 2. The van der Waals surface area contributed by atoms with E-state index in [-0.39, 0.29) is 49.1 Å². The number of carbonyl (C=O) groups is 3. The summed E-state index contributed by atoms with van der Waals surface area (Å²) in [7, 11) is 0. The monoisotopic (exact) mass is 473 g/mol. The average molecular weight is 474 g/mol. The first kappa shape index (κ1) is 23.2. The van der Waals surface area contributed by atoms with Crippen LogP contribution in [0.1, 0.15) is 30.6 Å². The summed E-state index contributed by atoms with van der Waals surface area (Å²) in [4.78, 5) is 43.1. The third-order valence-electron chi connectivity index (χ3n) is 6.09. The lowest BCUT2D eigenvalue weighted by molar-refractivity contribution is -0.141. The zero-order valence-corrected chi connectivity index (χ0v) is 19.0. The number of halogens is 1. The molecule has 2 heterocycles. The first-order valence-corrected chi connectivity index (χ1v) is 12.0. The van der Waals surface area contributed by atoms with Crippen LogP contribution in [0.25, 0.3) is 0 Å². The Balaban J connectivity index is 1.50. The van der Waals surface area contributed by atoms with Crippen molar-refractivity contribution in [3.63, 3.8) is 0 Å². The molecular formula is C23H28FN5O3S. The number of hydrogen-bond donors (Lipinski definition) is 3. The second-order valence-electron chi connectivity index (χ2n) is 8.47. The number of urea groups is 1. The lowest BCUT2D eigenvalue weighted by Gasteiger charge is -2.32. The van der Waals surface area contributed by atoms with Gasteiger partial charge in [0.05, 0.1) is 6.42 Å². The minimum Gasteiger partial charge on any atom is -0.350 e. The number of nitrogens with two attached hydrogens (primary N) is 1. The SMILES string of the molecule is NC1CCC(NC(=O)C2N(C(=O)Cc3cccs3)CCN2C(=O)Nc2cccc(F)c2)CC1. The van der Waals surface area contributed by atoms with Crippen molar-refractivity contribution in [3.8, 4) is 0 Å². The molecule has 0 bridgehead atoms. The predicted octanol–water partition coefficient (Wildman–Crippen LogP) is 2.52. The molecular weight excluding hydrogens is 445 g/mol. The Bertz CT molecular complexity index is 994. The highest BCUT2D eigenvalue weighted by Gasteiger charge is 2.43. The maximum Gasteiger partial charge on any atom is 0.323 e. The molecule has 1 aliphatic heterocycles. The Morgan fingerprint density at radius 3 is 2.52 bits per heavy atom. The standard InChI is InChI=1S/C23H28FN5O3S/c24-15-3-1-4-18(13-15)27-23(32)29-11-10-28(20(30)14-19-5-2-12-33-19)22(29)21(31)26-17-8-6-16(25)7-9-17/h1-5,12-13,16-17,22H,6-11,14,25H2,(H,26,31)(H,27,32). The van der Waals surface area contributed by atoms with Gasteiger partial charge in [0.1, 0.15) is 5.82 Å². The van der Waals surface area contributed by atoms with Crippen LogP contribution in [0.4, 0.5) is 14.9 Å².